The Labute approximate surface area is 149 Å². The van der Waals surface area contributed by atoms with Gasteiger partial charge in [0.05, 0.1) is 6.54 Å². The summed E-state index contributed by atoms with van der Waals surface area (Å²) in [5.41, 5.74) is 1.22. The lowest BCUT2D eigenvalue weighted by Gasteiger charge is -2.40. The number of fused-ring (bicyclic) bond motifs is 1. The molecule has 2 aliphatic rings. The first kappa shape index (κ1) is 16.4. The Morgan fingerprint density at radius 2 is 2.04 bits per heavy atom. The SMILES string of the molecule is C[C@H]1CN(Cc2cccc3c2OCCO3)CCN1Cc1nccn1C. The summed E-state index contributed by atoms with van der Waals surface area (Å²) in [6, 6.07) is 6.70. The van der Waals surface area contributed by atoms with E-state index in [0.717, 1.165) is 50.0 Å². The summed E-state index contributed by atoms with van der Waals surface area (Å²) in [5.74, 6) is 2.94. The molecule has 134 valence electrons. The quantitative estimate of drug-likeness (QED) is 0.849. The molecule has 0 saturated carbocycles. The number of aryl methyl sites for hydroxylation is 1. The molecule has 1 atom stereocenters. The van der Waals surface area contributed by atoms with Crippen LogP contribution in [0.4, 0.5) is 0 Å². The molecule has 4 rings (SSSR count). The lowest BCUT2D eigenvalue weighted by Crippen LogP contribution is -2.51. The van der Waals surface area contributed by atoms with Crippen LogP contribution in [-0.4, -0.2) is 58.2 Å². The lowest BCUT2D eigenvalue weighted by atomic mass is 10.1. The van der Waals surface area contributed by atoms with Crippen molar-refractivity contribution in [2.24, 2.45) is 7.05 Å². The number of benzene rings is 1. The van der Waals surface area contributed by atoms with E-state index in [4.69, 9.17) is 9.47 Å². The summed E-state index contributed by atoms with van der Waals surface area (Å²) in [5, 5.41) is 0. The van der Waals surface area contributed by atoms with Crippen LogP contribution in [0, 0.1) is 0 Å². The van der Waals surface area contributed by atoms with Crippen LogP contribution in [0.3, 0.4) is 0 Å². The summed E-state index contributed by atoms with van der Waals surface area (Å²) >= 11 is 0. The highest BCUT2D eigenvalue weighted by Crippen LogP contribution is 2.34. The van der Waals surface area contributed by atoms with Gasteiger partial charge in [-0.3, -0.25) is 9.80 Å². The Balaban J connectivity index is 1.39. The Morgan fingerprint density at radius 1 is 1.16 bits per heavy atom. The van der Waals surface area contributed by atoms with Gasteiger partial charge in [-0.1, -0.05) is 12.1 Å². The van der Waals surface area contributed by atoms with Crippen molar-refractivity contribution < 1.29 is 9.47 Å². The van der Waals surface area contributed by atoms with Gasteiger partial charge in [0.1, 0.15) is 19.0 Å². The van der Waals surface area contributed by atoms with E-state index in [1.54, 1.807) is 0 Å². The Morgan fingerprint density at radius 3 is 2.84 bits per heavy atom. The fourth-order valence-electron chi connectivity index (χ4n) is 3.68. The highest BCUT2D eigenvalue weighted by molar-refractivity contribution is 5.47. The van der Waals surface area contributed by atoms with Crippen molar-refractivity contribution in [3.63, 3.8) is 0 Å². The smallest absolute Gasteiger partial charge is 0.165 e. The second-order valence-electron chi connectivity index (χ2n) is 6.95. The summed E-state index contributed by atoms with van der Waals surface area (Å²) in [6.07, 6.45) is 3.88. The molecule has 1 fully saturated rings. The van der Waals surface area contributed by atoms with Crippen molar-refractivity contribution in [3.8, 4) is 11.5 Å². The van der Waals surface area contributed by atoms with E-state index in [2.05, 4.69) is 45.5 Å². The number of nitrogens with zero attached hydrogens (tertiary/aromatic N) is 4. The van der Waals surface area contributed by atoms with Gasteiger partial charge in [0.2, 0.25) is 0 Å². The molecular weight excluding hydrogens is 316 g/mol. The van der Waals surface area contributed by atoms with E-state index in [1.165, 1.54) is 5.56 Å². The number of piperazine rings is 1. The molecule has 0 bridgehead atoms. The molecule has 1 aromatic carbocycles. The third kappa shape index (κ3) is 3.50. The molecule has 1 aromatic heterocycles. The average molecular weight is 342 g/mol. The second-order valence-corrected chi connectivity index (χ2v) is 6.95. The summed E-state index contributed by atoms with van der Waals surface area (Å²) < 4.78 is 13.7. The van der Waals surface area contributed by atoms with Gasteiger partial charge in [0.25, 0.3) is 0 Å². The zero-order valence-electron chi connectivity index (χ0n) is 15.0. The molecule has 2 aromatic rings. The van der Waals surface area contributed by atoms with E-state index < -0.39 is 0 Å². The summed E-state index contributed by atoms with van der Waals surface area (Å²) in [4.78, 5) is 9.48. The molecule has 3 heterocycles. The van der Waals surface area contributed by atoms with Crippen LogP contribution >= 0.6 is 0 Å². The van der Waals surface area contributed by atoms with Crippen LogP contribution < -0.4 is 9.47 Å². The molecule has 0 aliphatic carbocycles. The van der Waals surface area contributed by atoms with E-state index in [0.29, 0.717) is 19.3 Å². The van der Waals surface area contributed by atoms with Crippen molar-refractivity contribution in [1.82, 2.24) is 19.4 Å². The maximum absolute atomic E-state index is 5.85. The molecule has 1 saturated heterocycles. The minimum Gasteiger partial charge on any atom is -0.486 e. The molecule has 0 amide bonds. The van der Waals surface area contributed by atoms with Gasteiger partial charge < -0.3 is 14.0 Å². The van der Waals surface area contributed by atoms with Gasteiger partial charge in [-0.05, 0) is 13.0 Å². The average Bonchev–Trinajstić information content (AvgIpc) is 3.02. The van der Waals surface area contributed by atoms with Gasteiger partial charge >= 0.3 is 0 Å². The number of aromatic nitrogens is 2. The lowest BCUT2D eigenvalue weighted by molar-refractivity contribution is 0.0694. The number of ether oxygens (including phenoxy) is 2. The van der Waals surface area contributed by atoms with Crippen molar-refractivity contribution in [1.29, 1.82) is 0 Å². The molecule has 6 nitrogen and oxygen atoms in total. The fraction of sp³-hybridized carbons (Fsp3) is 0.526. The van der Waals surface area contributed by atoms with Gasteiger partial charge in [0, 0.05) is 57.2 Å². The normalized spacial score (nSPS) is 21.4. The molecule has 0 radical (unpaired) electrons. The van der Waals surface area contributed by atoms with E-state index in [9.17, 15) is 0 Å². The van der Waals surface area contributed by atoms with E-state index >= 15 is 0 Å². The third-order valence-corrected chi connectivity index (χ3v) is 5.16. The van der Waals surface area contributed by atoms with Crippen LogP contribution in [0.15, 0.2) is 30.6 Å². The first-order chi connectivity index (χ1) is 12.2. The number of hydrogen-bond acceptors (Lipinski definition) is 5. The largest absolute Gasteiger partial charge is 0.486 e. The maximum atomic E-state index is 5.85. The second kappa shape index (κ2) is 7.06. The number of imidazole rings is 1. The van der Waals surface area contributed by atoms with Gasteiger partial charge in [-0.2, -0.15) is 0 Å². The predicted molar refractivity (Wildman–Crippen MR) is 95.8 cm³/mol. The fourth-order valence-corrected chi connectivity index (χ4v) is 3.68. The topological polar surface area (TPSA) is 42.8 Å². The van der Waals surface area contributed by atoms with Crippen molar-refractivity contribution in [2.75, 3.05) is 32.8 Å². The predicted octanol–water partition coefficient (Wildman–Crippen LogP) is 1.90. The van der Waals surface area contributed by atoms with Crippen molar-refractivity contribution in [3.05, 3.63) is 42.0 Å². The molecule has 25 heavy (non-hydrogen) atoms. The number of rotatable bonds is 4. The van der Waals surface area contributed by atoms with Crippen molar-refractivity contribution >= 4 is 0 Å². The minimum atomic E-state index is 0.502. The molecule has 0 unspecified atom stereocenters. The van der Waals surface area contributed by atoms with Crippen molar-refractivity contribution in [2.45, 2.75) is 26.1 Å². The first-order valence-corrected chi connectivity index (χ1v) is 9.01. The summed E-state index contributed by atoms with van der Waals surface area (Å²) in [7, 11) is 2.06. The highest BCUT2D eigenvalue weighted by atomic mass is 16.6. The number of hydrogen-bond donors (Lipinski definition) is 0. The number of para-hydroxylation sites is 1. The first-order valence-electron chi connectivity index (χ1n) is 9.01. The molecular formula is C19H26N4O2. The third-order valence-electron chi connectivity index (χ3n) is 5.16. The van der Waals surface area contributed by atoms with Crippen LogP contribution in [-0.2, 0) is 20.1 Å². The molecule has 2 aliphatic heterocycles. The highest BCUT2D eigenvalue weighted by Gasteiger charge is 2.26. The zero-order valence-corrected chi connectivity index (χ0v) is 15.0. The molecule has 6 heteroatoms. The minimum absolute atomic E-state index is 0.502. The van der Waals surface area contributed by atoms with Gasteiger partial charge in [0.15, 0.2) is 11.5 Å². The Hall–Kier alpha value is -2.05. The molecule has 0 N–H and O–H groups in total. The Bertz CT molecular complexity index is 730. The van der Waals surface area contributed by atoms with E-state index in [1.807, 2.05) is 18.5 Å². The maximum Gasteiger partial charge on any atom is 0.165 e. The molecule has 0 spiro atoms. The van der Waals surface area contributed by atoms with Crippen LogP contribution in [0.1, 0.15) is 18.3 Å². The van der Waals surface area contributed by atoms with Crippen LogP contribution in [0.25, 0.3) is 0 Å². The zero-order chi connectivity index (χ0) is 17.2. The van der Waals surface area contributed by atoms with Crippen LogP contribution in [0.5, 0.6) is 11.5 Å². The van der Waals surface area contributed by atoms with Crippen LogP contribution in [0.2, 0.25) is 0 Å². The van der Waals surface area contributed by atoms with Gasteiger partial charge in [-0.25, -0.2) is 4.98 Å². The monoisotopic (exact) mass is 342 g/mol. The standard InChI is InChI=1S/C19H26N4O2/c1-15-12-22(8-9-23(15)14-18-20-6-7-21(18)2)13-16-4-3-5-17-19(16)25-11-10-24-17/h3-7,15H,8-14H2,1-2H3/t15-/m0/s1. The van der Waals surface area contributed by atoms with Gasteiger partial charge in [-0.15, -0.1) is 0 Å². The Kier molecular flexibility index (Phi) is 4.63. The van der Waals surface area contributed by atoms with E-state index in [-0.39, 0.29) is 0 Å². The summed E-state index contributed by atoms with van der Waals surface area (Å²) in [6.45, 7) is 8.56.